The first-order valence-corrected chi connectivity index (χ1v) is 9.51. The Balaban J connectivity index is 1.82. The quantitative estimate of drug-likeness (QED) is 0.890. The molecule has 1 aliphatic heterocycles. The van der Waals surface area contributed by atoms with Gasteiger partial charge in [-0.2, -0.15) is 11.8 Å². The molecule has 23 heavy (non-hydrogen) atoms. The third kappa shape index (κ3) is 3.16. The maximum absolute atomic E-state index is 12.7. The number of anilines is 2. The lowest BCUT2D eigenvalue weighted by Gasteiger charge is -2.26. The summed E-state index contributed by atoms with van der Waals surface area (Å²) in [6.45, 7) is 7.94. The summed E-state index contributed by atoms with van der Waals surface area (Å²) in [5.41, 5.74) is 1.44. The number of nitrogens with one attached hydrogen (secondary N) is 1. The molecule has 0 atom stereocenters. The number of hydrogen-bond donors (Lipinski definition) is 1. The third-order valence-electron chi connectivity index (χ3n) is 4.83. The van der Waals surface area contributed by atoms with Crippen molar-refractivity contribution in [2.75, 3.05) is 36.2 Å². The normalized spacial score (nSPS) is 21.2. The van der Waals surface area contributed by atoms with Gasteiger partial charge in [0.25, 0.3) is 0 Å². The zero-order valence-electron chi connectivity index (χ0n) is 14.4. The number of benzene rings is 1. The number of ether oxygens (including phenoxy) is 1. The van der Waals surface area contributed by atoms with Gasteiger partial charge in [-0.15, -0.1) is 0 Å². The number of fused-ring (bicyclic) bond motifs is 1. The molecule has 0 radical (unpaired) electrons. The standard InChI is InChI=1S/C18H26N2O2S/c1-5-20-14-7-6-13(19-11-18(23-4)8-9-18)10-15(14)22-12-17(2,3)16(20)21/h6-7,10,19H,5,8-9,11-12H2,1-4H3. The second-order valence-electron chi connectivity index (χ2n) is 7.15. The molecule has 0 bridgehead atoms. The monoisotopic (exact) mass is 334 g/mol. The molecule has 5 heteroatoms. The van der Waals surface area contributed by atoms with Crippen LogP contribution in [-0.4, -0.2) is 36.6 Å². The van der Waals surface area contributed by atoms with Crippen molar-refractivity contribution in [3.63, 3.8) is 0 Å². The first-order chi connectivity index (χ1) is 10.9. The van der Waals surface area contributed by atoms with Gasteiger partial charge in [0.05, 0.1) is 11.1 Å². The van der Waals surface area contributed by atoms with E-state index in [4.69, 9.17) is 4.74 Å². The Morgan fingerprint density at radius 2 is 2.09 bits per heavy atom. The Labute approximate surface area is 143 Å². The van der Waals surface area contributed by atoms with E-state index in [0.717, 1.165) is 23.7 Å². The summed E-state index contributed by atoms with van der Waals surface area (Å²) >= 11 is 1.95. The fourth-order valence-electron chi connectivity index (χ4n) is 2.93. The molecule has 0 aromatic heterocycles. The predicted molar refractivity (Wildman–Crippen MR) is 97.7 cm³/mol. The molecule has 0 unspecified atom stereocenters. The number of thioether (sulfide) groups is 1. The van der Waals surface area contributed by atoms with Gasteiger partial charge in [0.15, 0.2) is 0 Å². The average molecular weight is 334 g/mol. The fourth-order valence-corrected chi connectivity index (χ4v) is 3.65. The minimum absolute atomic E-state index is 0.124. The first kappa shape index (κ1) is 16.5. The minimum atomic E-state index is -0.500. The number of carbonyl (C=O) groups excluding carboxylic acids is 1. The maximum Gasteiger partial charge on any atom is 0.236 e. The molecule has 1 aromatic rings. The highest BCUT2D eigenvalue weighted by Gasteiger charge is 2.41. The van der Waals surface area contributed by atoms with Crippen LogP contribution in [0.25, 0.3) is 0 Å². The van der Waals surface area contributed by atoms with Crippen molar-refractivity contribution in [3.8, 4) is 5.75 Å². The summed E-state index contributed by atoms with van der Waals surface area (Å²) in [6, 6.07) is 6.08. The van der Waals surface area contributed by atoms with Crippen LogP contribution >= 0.6 is 11.8 Å². The number of hydrogen-bond acceptors (Lipinski definition) is 4. The van der Waals surface area contributed by atoms with Crippen molar-refractivity contribution >= 4 is 29.0 Å². The molecule has 1 amide bonds. The van der Waals surface area contributed by atoms with E-state index in [1.807, 2.05) is 55.6 Å². The predicted octanol–water partition coefficient (Wildman–Crippen LogP) is 3.77. The van der Waals surface area contributed by atoms with Gasteiger partial charge in [0.1, 0.15) is 12.4 Å². The highest BCUT2D eigenvalue weighted by Crippen LogP contribution is 2.47. The van der Waals surface area contributed by atoms with Crippen molar-refractivity contribution in [1.29, 1.82) is 0 Å². The van der Waals surface area contributed by atoms with E-state index in [9.17, 15) is 4.79 Å². The molecular formula is C18H26N2O2S. The maximum atomic E-state index is 12.7. The van der Waals surface area contributed by atoms with Gasteiger partial charge in [-0.05, 0) is 52.0 Å². The van der Waals surface area contributed by atoms with Crippen molar-refractivity contribution in [2.45, 2.75) is 38.4 Å². The molecule has 4 nitrogen and oxygen atoms in total. The highest BCUT2D eigenvalue weighted by atomic mass is 32.2. The van der Waals surface area contributed by atoms with Gasteiger partial charge >= 0.3 is 0 Å². The van der Waals surface area contributed by atoms with Crippen LogP contribution in [0.15, 0.2) is 18.2 Å². The van der Waals surface area contributed by atoms with Crippen molar-refractivity contribution in [2.24, 2.45) is 5.41 Å². The lowest BCUT2D eigenvalue weighted by molar-refractivity contribution is -0.127. The molecule has 1 aromatic carbocycles. The van der Waals surface area contributed by atoms with Gasteiger partial charge in [0, 0.05) is 29.6 Å². The number of nitrogens with zero attached hydrogens (tertiary/aromatic N) is 1. The van der Waals surface area contributed by atoms with Crippen molar-refractivity contribution in [1.82, 2.24) is 0 Å². The third-order valence-corrected chi connectivity index (χ3v) is 6.25. The van der Waals surface area contributed by atoms with E-state index in [1.165, 1.54) is 12.8 Å². The Kier molecular flexibility index (Phi) is 4.25. The Morgan fingerprint density at radius 1 is 1.35 bits per heavy atom. The van der Waals surface area contributed by atoms with E-state index < -0.39 is 5.41 Å². The van der Waals surface area contributed by atoms with Crippen LogP contribution < -0.4 is 15.0 Å². The smallest absolute Gasteiger partial charge is 0.236 e. The molecule has 1 saturated carbocycles. The van der Waals surface area contributed by atoms with Gasteiger partial charge in [0.2, 0.25) is 5.91 Å². The molecule has 1 aliphatic carbocycles. The summed E-state index contributed by atoms with van der Waals surface area (Å²) in [4.78, 5) is 14.5. The molecular weight excluding hydrogens is 308 g/mol. The van der Waals surface area contributed by atoms with Gasteiger partial charge in [-0.3, -0.25) is 4.79 Å². The summed E-state index contributed by atoms with van der Waals surface area (Å²) in [5.74, 6) is 0.920. The zero-order chi connectivity index (χ0) is 16.7. The molecule has 2 aliphatic rings. The lowest BCUT2D eigenvalue weighted by atomic mass is 9.93. The van der Waals surface area contributed by atoms with E-state index in [2.05, 4.69) is 11.6 Å². The molecule has 1 fully saturated rings. The summed E-state index contributed by atoms with van der Waals surface area (Å²) in [5, 5.41) is 3.53. The van der Waals surface area contributed by atoms with E-state index in [1.54, 1.807) is 0 Å². The fraction of sp³-hybridized carbons (Fsp3) is 0.611. The van der Waals surface area contributed by atoms with Crippen LogP contribution in [0.3, 0.4) is 0 Å². The zero-order valence-corrected chi connectivity index (χ0v) is 15.3. The van der Waals surface area contributed by atoms with Crippen molar-refractivity contribution in [3.05, 3.63) is 18.2 Å². The molecule has 0 spiro atoms. The van der Waals surface area contributed by atoms with E-state index in [0.29, 0.717) is 17.9 Å². The Bertz CT molecular complexity index is 611. The average Bonchev–Trinajstić information content (AvgIpc) is 3.33. The van der Waals surface area contributed by atoms with Crippen LogP contribution in [0.2, 0.25) is 0 Å². The second-order valence-corrected chi connectivity index (χ2v) is 8.42. The second kappa shape index (κ2) is 5.93. The van der Waals surface area contributed by atoms with E-state index >= 15 is 0 Å². The molecule has 0 saturated heterocycles. The molecule has 3 rings (SSSR count). The van der Waals surface area contributed by atoms with Crippen molar-refractivity contribution < 1.29 is 9.53 Å². The topological polar surface area (TPSA) is 41.6 Å². The summed E-state index contributed by atoms with van der Waals surface area (Å²) in [7, 11) is 0. The van der Waals surface area contributed by atoms with E-state index in [-0.39, 0.29) is 5.91 Å². The minimum Gasteiger partial charge on any atom is -0.490 e. The highest BCUT2D eigenvalue weighted by molar-refractivity contribution is 8.00. The van der Waals surface area contributed by atoms with Gasteiger partial charge in [-0.25, -0.2) is 0 Å². The first-order valence-electron chi connectivity index (χ1n) is 8.29. The molecule has 1 heterocycles. The van der Waals surface area contributed by atoms with Gasteiger partial charge < -0.3 is 15.0 Å². The lowest BCUT2D eigenvalue weighted by Crippen LogP contribution is -2.42. The SMILES string of the molecule is CCN1C(=O)C(C)(C)COc2cc(NCC3(SC)CC3)ccc21. The summed E-state index contributed by atoms with van der Waals surface area (Å²) < 4.78 is 6.39. The number of carbonyl (C=O) groups is 1. The van der Waals surface area contributed by atoms with Crippen LogP contribution in [0, 0.1) is 5.41 Å². The number of amides is 1. The summed E-state index contributed by atoms with van der Waals surface area (Å²) in [6.07, 6.45) is 4.76. The Hall–Kier alpha value is -1.36. The van der Waals surface area contributed by atoms with Crippen LogP contribution in [-0.2, 0) is 4.79 Å². The van der Waals surface area contributed by atoms with Crippen LogP contribution in [0.1, 0.15) is 33.6 Å². The van der Waals surface area contributed by atoms with Crippen LogP contribution in [0.4, 0.5) is 11.4 Å². The number of rotatable bonds is 5. The molecule has 1 N–H and O–H groups in total. The van der Waals surface area contributed by atoms with Crippen LogP contribution in [0.5, 0.6) is 5.75 Å². The largest absolute Gasteiger partial charge is 0.490 e. The van der Waals surface area contributed by atoms with Gasteiger partial charge in [-0.1, -0.05) is 0 Å². The Morgan fingerprint density at radius 3 is 2.70 bits per heavy atom. The molecule has 126 valence electrons.